The second-order valence-corrected chi connectivity index (χ2v) is 3.31. The van der Waals surface area contributed by atoms with Crippen molar-refractivity contribution in [3.63, 3.8) is 0 Å². The maximum absolute atomic E-state index is 10.3. The molecule has 0 aliphatic carbocycles. The van der Waals surface area contributed by atoms with Crippen LogP contribution in [0.3, 0.4) is 0 Å². The Labute approximate surface area is 80.7 Å². The van der Waals surface area contributed by atoms with Gasteiger partial charge in [0, 0.05) is 5.97 Å². The first-order chi connectivity index (χ1) is 6.20. The van der Waals surface area contributed by atoms with Crippen molar-refractivity contribution in [2.45, 2.75) is 46.0 Å². The Morgan fingerprint density at radius 2 is 2.15 bits per heavy atom. The molecule has 0 rings (SSSR count). The monoisotopic (exact) mass is 183 g/mol. The standard InChI is InChI=1S/C11H20O2/c1-3-5-6-7-8-10(4-2)9-11(12)13/h7-8,10H,3-6,9H2,1-2H3,(H,12,13)/p-1/b8-7+. The fourth-order valence-electron chi connectivity index (χ4n) is 1.17. The van der Waals surface area contributed by atoms with Crippen molar-refractivity contribution in [3.05, 3.63) is 12.2 Å². The first-order valence-corrected chi connectivity index (χ1v) is 5.07. The Morgan fingerprint density at radius 3 is 2.62 bits per heavy atom. The zero-order valence-electron chi connectivity index (χ0n) is 8.58. The number of carbonyl (C=O) groups excluding carboxylic acids is 1. The van der Waals surface area contributed by atoms with Gasteiger partial charge in [-0.25, -0.2) is 0 Å². The largest absolute Gasteiger partial charge is 0.550 e. The molecule has 0 aromatic carbocycles. The number of hydrogen-bond donors (Lipinski definition) is 0. The van der Waals surface area contributed by atoms with Gasteiger partial charge in [-0.3, -0.25) is 0 Å². The number of hydrogen-bond acceptors (Lipinski definition) is 2. The zero-order chi connectivity index (χ0) is 10.1. The third-order valence-corrected chi connectivity index (χ3v) is 2.09. The van der Waals surface area contributed by atoms with Crippen molar-refractivity contribution < 1.29 is 9.90 Å². The van der Waals surface area contributed by atoms with Crippen LogP contribution in [0.1, 0.15) is 46.0 Å². The van der Waals surface area contributed by atoms with Gasteiger partial charge in [0.2, 0.25) is 0 Å². The third kappa shape index (κ3) is 7.57. The van der Waals surface area contributed by atoms with E-state index in [2.05, 4.69) is 13.0 Å². The van der Waals surface area contributed by atoms with Crippen LogP contribution in [0.4, 0.5) is 0 Å². The second kappa shape index (κ2) is 7.84. The van der Waals surface area contributed by atoms with E-state index in [9.17, 15) is 9.90 Å². The molecule has 0 aromatic heterocycles. The second-order valence-electron chi connectivity index (χ2n) is 3.31. The molecule has 2 heteroatoms. The molecule has 0 amide bonds. The summed E-state index contributed by atoms with van der Waals surface area (Å²) >= 11 is 0. The molecule has 0 bridgehead atoms. The minimum absolute atomic E-state index is 0.152. The number of allylic oxidation sites excluding steroid dienone is 2. The van der Waals surface area contributed by atoms with E-state index in [0.717, 1.165) is 12.8 Å². The summed E-state index contributed by atoms with van der Waals surface area (Å²) in [6.45, 7) is 4.14. The van der Waals surface area contributed by atoms with Gasteiger partial charge in [0.15, 0.2) is 0 Å². The molecule has 0 fully saturated rings. The van der Waals surface area contributed by atoms with Gasteiger partial charge in [0.25, 0.3) is 0 Å². The Kier molecular flexibility index (Phi) is 7.36. The Morgan fingerprint density at radius 1 is 1.46 bits per heavy atom. The summed E-state index contributed by atoms with van der Waals surface area (Å²) in [6.07, 6.45) is 8.53. The predicted octanol–water partition coefficient (Wildman–Crippen LogP) is 1.90. The number of unbranched alkanes of at least 4 members (excludes halogenated alkanes) is 2. The van der Waals surface area contributed by atoms with Crippen LogP contribution >= 0.6 is 0 Å². The highest BCUT2D eigenvalue weighted by Gasteiger charge is 2.00. The molecule has 0 aliphatic heterocycles. The van der Waals surface area contributed by atoms with Crippen LogP contribution in [0, 0.1) is 5.92 Å². The Bertz CT molecular complexity index is 161. The summed E-state index contributed by atoms with van der Waals surface area (Å²) in [5, 5.41) is 10.3. The molecule has 0 aliphatic rings. The van der Waals surface area contributed by atoms with Gasteiger partial charge in [-0.15, -0.1) is 0 Å². The summed E-state index contributed by atoms with van der Waals surface area (Å²) in [6, 6.07) is 0. The van der Waals surface area contributed by atoms with Crippen molar-refractivity contribution >= 4 is 5.97 Å². The minimum atomic E-state index is -0.952. The van der Waals surface area contributed by atoms with Crippen molar-refractivity contribution in [2.24, 2.45) is 5.92 Å². The van der Waals surface area contributed by atoms with Gasteiger partial charge in [-0.05, 0) is 25.2 Å². The summed E-state index contributed by atoms with van der Waals surface area (Å²) < 4.78 is 0. The van der Waals surface area contributed by atoms with Gasteiger partial charge in [0.1, 0.15) is 0 Å². The lowest BCUT2D eigenvalue weighted by molar-refractivity contribution is -0.306. The van der Waals surface area contributed by atoms with Crippen molar-refractivity contribution in [1.82, 2.24) is 0 Å². The molecular formula is C11H19O2-. The molecule has 0 saturated carbocycles. The number of carboxylic acids is 1. The summed E-state index contributed by atoms with van der Waals surface area (Å²) in [5.74, 6) is -0.797. The van der Waals surface area contributed by atoms with Crippen LogP contribution < -0.4 is 5.11 Å². The molecule has 13 heavy (non-hydrogen) atoms. The Balaban J connectivity index is 3.69. The average Bonchev–Trinajstić information content (AvgIpc) is 2.09. The molecule has 0 saturated heterocycles. The van der Waals surface area contributed by atoms with Crippen LogP contribution in [-0.4, -0.2) is 5.97 Å². The van der Waals surface area contributed by atoms with E-state index in [4.69, 9.17) is 0 Å². The quantitative estimate of drug-likeness (QED) is 0.446. The lowest BCUT2D eigenvalue weighted by Gasteiger charge is -2.09. The molecule has 0 spiro atoms. The molecule has 76 valence electrons. The van der Waals surface area contributed by atoms with Crippen LogP contribution in [0.25, 0.3) is 0 Å². The first-order valence-electron chi connectivity index (χ1n) is 5.07. The van der Waals surface area contributed by atoms with E-state index in [1.165, 1.54) is 12.8 Å². The van der Waals surface area contributed by atoms with Gasteiger partial charge in [-0.2, -0.15) is 0 Å². The van der Waals surface area contributed by atoms with Crippen molar-refractivity contribution in [1.29, 1.82) is 0 Å². The minimum Gasteiger partial charge on any atom is -0.550 e. The lowest BCUT2D eigenvalue weighted by atomic mass is 10.0. The fourth-order valence-corrected chi connectivity index (χ4v) is 1.17. The average molecular weight is 183 g/mol. The third-order valence-electron chi connectivity index (χ3n) is 2.09. The van der Waals surface area contributed by atoms with Crippen molar-refractivity contribution in [3.8, 4) is 0 Å². The van der Waals surface area contributed by atoms with E-state index in [-0.39, 0.29) is 12.3 Å². The summed E-state index contributed by atoms with van der Waals surface area (Å²) in [5.41, 5.74) is 0. The highest BCUT2D eigenvalue weighted by molar-refractivity contribution is 5.64. The highest BCUT2D eigenvalue weighted by atomic mass is 16.4. The molecule has 2 nitrogen and oxygen atoms in total. The van der Waals surface area contributed by atoms with Crippen LogP contribution in [0.15, 0.2) is 12.2 Å². The molecular weight excluding hydrogens is 164 g/mol. The van der Waals surface area contributed by atoms with Crippen LogP contribution in [0.2, 0.25) is 0 Å². The topological polar surface area (TPSA) is 40.1 Å². The number of carbonyl (C=O) groups is 1. The molecule has 1 unspecified atom stereocenters. The zero-order valence-corrected chi connectivity index (χ0v) is 8.58. The summed E-state index contributed by atoms with van der Waals surface area (Å²) in [4.78, 5) is 10.3. The highest BCUT2D eigenvalue weighted by Crippen LogP contribution is 2.10. The van der Waals surface area contributed by atoms with Gasteiger partial charge < -0.3 is 9.90 Å². The number of aliphatic carboxylic acids is 1. The SMILES string of the molecule is CCCC/C=C/C(CC)CC(=O)[O-]. The summed E-state index contributed by atoms with van der Waals surface area (Å²) in [7, 11) is 0. The molecule has 0 N–H and O–H groups in total. The number of carboxylic acid groups (broad SMARTS) is 1. The van der Waals surface area contributed by atoms with Crippen molar-refractivity contribution in [2.75, 3.05) is 0 Å². The normalized spacial score (nSPS) is 13.4. The van der Waals surface area contributed by atoms with Gasteiger partial charge >= 0.3 is 0 Å². The van der Waals surface area contributed by atoms with Gasteiger partial charge in [0.05, 0.1) is 0 Å². The van der Waals surface area contributed by atoms with E-state index in [1.807, 2.05) is 13.0 Å². The van der Waals surface area contributed by atoms with E-state index in [1.54, 1.807) is 0 Å². The van der Waals surface area contributed by atoms with E-state index >= 15 is 0 Å². The van der Waals surface area contributed by atoms with Gasteiger partial charge in [-0.1, -0.05) is 38.8 Å². The van der Waals surface area contributed by atoms with Crippen LogP contribution in [-0.2, 0) is 4.79 Å². The van der Waals surface area contributed by atoms with Crippen LogP contribution in [0.5, 0.6) is 0 Å². The Hall–Kier alpha value is -0.790. The maximum Gasteiger partial charge on any atom is 0.0420 e. The smallest absolute Gasteiger partial charge is 0.0420 e. The maximum atomic E-state index is 10.3. The molecule has 0 heterocycles. The predicted molar refractivity (Wildman–Crippen MR) is 52.1 cm³/mol. The number of rotatable bonds is 7. The molecule has 0 radical (unpaired) electrons. The first kappa shape index (κ1) is 12.2. The van der Waals surface area contributed by atoms with E-state index < -0.39 is 5.97 Å². The van der Waals surface area contributed by atoms with E-state index in [0.29, 0.717) is 0 Å². The lowest BCUT2D eigenvalue weighted by Crippen LogP contribution is -2.24. The fraction of sp³-hybridized carbons (Fsp3) is 0.727. The molecule has 1 atom stereocenters. The molecule has 0 aromatic rings.